The molecule has 0 spiro atoms. The summed E-state index contributed by atoms with van der Waals surface area (Å²) in [5, 5.41) is 10.0. The van der Waals surface area contributed by atoms with Gasteiger partial charge in [-0.25, -0.2) is 0 Å². The molecule has 0 aromatic heterocycles. The van der Waals surface area contributed by atoms with Crippen molar-refractivity contribution in [3.8, 4) is 0 Å². The van der Waals surface area contributed by atoms with Crippen LogP contribution in [0.3, 0.4) is 0 Å². The van der Waals surface area contributed by atoms with Crippen LogP contribution in [0.25, 0.3) is 0 Å². The minimum Gasteiger partial charge on any atom is -0.481 e. The highest BCUT2D eigenvalue weighted by Crippen LogP contribution is 2.44. The summed E-state index contributed by atoms with van der Waals surface area (Å²) in [7, 11) is 0. The van der Waals surface area contributed by atoms with Crippen molar-refractivity contribution in [2.45, 2.75) is 38.6 Å². The van der Waals surface area contributed by atoms with Crippen LogP contribution in [0, 0.1) is 5.41 Å². The van der Waals surface area contributed by atoms with Crippen LogP contribution in [0.4, 0.5) is 0 Å². The van der Waals surface area contributed by atoms with Crippen molar-refractivity contribution in [3.63, 3.8) is 0 Å². The molecule has 1 amide bonds. The van der Waals surface area contributed by atoms with Gasteiger partial charge < -0.3 is 10.0 Å². The molecule has 4 nitrogen and oxygen atoms in total. The van der Waals surface area contributed by atoms with Gasteiger partial charge in [-0.05, 0) is 42.5 Å². The molecule has 112 valence electrons. The van der Waals surface area contributed by atoms with Gasteiger partial charge in [0.15, 0.2) is 0 Å². The number of nitrogens with zero attached hydrogens (tertiary/aromatic N) is 1. The molecule has 3 rings (SSSR count). The number of hydrogen-bond donors (Lipinski definition) is 1. The molecule has 1 N–H and O–H groups in total. The standard InChI is InChI=1S/C16H18ClNO3/c17-13-3-2-12-10-18(7-4-11(12)8-13)14(19)9-16(15(20)21)5-1-6-16/h2-3,8H,1,4-7,9-10H2,(H,20,21). The van der Waals surface area contributed by atoms with E-state index in [1.165, 1.54) is 5.56 Å². The quantitative estimate of drug-likeness (QED) is 0.934. The van der Waals surface area contributed by atoms with Crippen LogP contribution in [0.5, 0.6) is 0 Å². The van der Waals surface area contributed by atoms with Gasteiger partial charge in [0.1, 0.15) is 0 Å². The number of carboxylic acids is 1. The van der Waals surface area contributed by atoms with E-state index in [-0.39, 0.29) is 12.3 Å². The van der Waals surface area contributed by atoms with E-state index < -0.39 is 11.4 Å². The molecular weight excluding hydrogens is 290 g/mol. The molecule has 1 saturated carbocycles. The molecule has 0 atom stereocenters. The van der Waals surface area contributed by atoms with Crippen molar-refractivity contribution in [2.24, 2.45) is 5.41 Å². The fourth-order valence-corrected chi connectivity index (χ4v) is 3.40. The van der Waals surface area contributed by atoms with E-state index in [4.69, 9.17) is 11.6 Å². The number of hydrogen-bond acceptors (Lipinski definition) is 2. The molecule has 0 radical (unpaired) electrons. The Morgan fingerprint density at radius 3 is 2.67 bits per heavy atom. The van der Waals surface area contributed by atoms with Crippen LogP contribution in [-0.2, 0) is 22.6 Å². The second-order valence-corrected chi connectivity index (χ2v) is 6.53. The summed E-state index contributed by atoms with van der Waals surface area (Å²) in [6.07, 6.45) is 3.05. The average Bonchev–Trinajstić information content (AvgIpc) is 2.41. The Balaban J connectivity index is 1.70. The van der Waals surface area contributed by atoms with E-state index in [1.807, 2.05) is 18.2 Å². The Kier molecular flexibility index (Phi) is 3.66. The normalized spacial score (nSPS) is 19.6. The van der Waals surface area contributed by atoms with Crippen LogP contribution in [-0.4, -0.2) is 28.4 Å². The average molecular weight is 308 g/mol. The van der Waals surface area contributed by atoms with Crippen molar-refractivity contribution < 1.29 is 14.7 Å². The highest BCUT2D eigenvalue weighted by atomic mass is 35.5. The Morgan fingerprint density at radius 2 is 2.05 bits per heavy atom. The van der Waals surface area contributed by atoms with E-state index in [2.05, 4.69) is 0 Å². The molecule has 5 heteroatoms. The smallest absolute Gasteiger partial charge is 0.310 e. The lowest BCUT2D eigenvalue weighted by Gasteiger charge is -2.39. The second kappa shape index (κ2) is 5.34. The maximum atomic E-state index is 12.4. The summed E-state index contributed by atoms with van der Waals surface area (Å²) < 4.78 is 0. The minimum absolute atomic E-state index is 0.0438. The number of carbonyl (C=O) groups is 2. The van der Waals surface area contributed by atoms with Crippen LogP contribution in [0.2, 0.25) is 5.02 Å². The topological polar surface area (TPSA) is 57.6 Å². The zero-order chi connectivity index (χ0) is 15.0. The summed E-state index contributed by atoms with van der Waals surface area (Å²) in [5.41, 5.74) is 1.48. The first-order valence-corrected chi connectivity index (χ1v) is 7.66. The SMILES string of the molecule is O=C(CC1(C(=O)O)CCC1)N1CCc2cc(Cl)ccc2C1. The predicted molar refractivity (Wildman–Crippen MR) is 79.1 cm³/mol. The van der Waals surface area contributed by atoms with Gasteiger partial charge in [-0.3, -0.25) is 9.59 Å². The minimum atomic E-state index is -0.828. The Bertz CT molecular complexity index is 595. The van der Waals surface area contributed by atoms with Gasteiger partial charge in [-0.2, -0.15) is 0 Å². The van der Waals surface area contributed by atoms with Gasteiger partial charge in [0.25, 0.3) is 0 Å². The molecule has 0 unspecified atom stereocenters. The molecule has 2 aliphatic rings. The van der Waals surface area contributed by atoms with Gasteiger partial charge >= 0.3 is 5.97 Å². The lowest BCUT2D eigenvalue weighted by atomic mass is 9.66. The number of rotatable bonds is 3. The van der Waals surface area contributed by atoms with Crippen LogP contribution in [0.15, 0.2) is 18.2 Å². The Labute approximate surface area is 128 Å². The maximum Gasteiger partial charge on any atom is 0.310 e. The molecule has 0 bridgehead atoms. The number of carbonyl (C=O) groups excluding carboxylic acids is 1. The lowest BCUT2D eigenvalue weighted by Crippen LogP contribution is -2.45. The molecular formula is C16H18ClNO3. The van der Waals surface area contributed by atoms with Crippen LogP contribution < -0.4 is 0 Å². The number of amides is 1. The highest BCUT2D eigenvalue weighted by Gasteiger charge is 2.46. The molecule has 21 heavy (non-hydrogen) atoms. The second-order valence-electron chi connectivity index (χ2n) is 6.09. The Hall–Kier alpha value is -1.55. The zero-order valence-electron chi connectivity index (χ0n) is 11.8. The molecule has 1 aromatic rings. The molecule has 1 aliphatic heterocycles. The summed E-state index contributed by atoms with van der Waals surface area (Å²) in [5.74, 6) is -0.871. The third kappa shape index (κ3) is 2.64. The summed E-state index contributed by atoms with van der Waals surface area (Å²) in [4.78, 5) is 25.6. The maximum absolute atomic E-state index is 12.4. The largest absolute Gasteiger partial charge is 0.481 e. The summed E-state index contributed by atoms with van der Waals surface area (Å²) in [6, 6.07) is 5.73. The molecule has 1 fully saturated rings. The number of aliphatic carboxylic acids is 1. The van der Waals surface area contributed by atoms with Crippen LogP contribution in [0.1, 0.15) is 36.8 Å². The summed E-state index contributed by atoms with van der Waals surface area (Å²) in [6.45, 7) is 1.20. The monoisotopic (exact) mass is 307 g/mol. The van der Waals surface area contributed by atoms with Gasteiger partial charge in [0, 0.05) is 24.5 Å². The fraction of sp³-hybridized carbons (Fsp3) is 0.500. The number of carboxylic acid groups (broad SMARTS) is 1. The van der Waals surface area contributed by atoms with E-state index in [0.717, 1.165) is 18.4 Å². The fourth-order valence-electron chi connectivity index (χ4n) is 3.21. The highest BCUT2D eigenvalue weighted by molar-refractivity contribution is 6.30. The van der Waals surface area contributed by atoms with Crippen molar-refractivity contribution in [2.75, 3.05) is 6.54 Å². The van der Waals surface area contributed by atoms with Crippen molar-refractivity contribution in [1.82, 2.24) is 4.90 Å². The molecule has 1 aliphatic carbocycles. The number of benzene rings is 1. The first-order valence-electron chi connectivity index (χ1n) is 7.29. The molecule has 0 saturated heterocycles. The number of fused-ring (bicyclic) bond motifs is 1. The first-order chi connectivity index (χ1) is 10.00. The predicted octanol–water partition coefficient (Wildman–Crippen LogP) is 2.87. The van der Waals surface area contributed by atoms with E-state index in [0.29, 0.717) is 31.0 Å². The van der Waals surface area contributed by atoms with Gasteiger partial charge in [0.2, 0.25) is 5.91 Å². The van der Waals surface area contributed by atoms with Gasteiger partial charge in [0.05, 0.1) is 5.41 Å². The van der Waals surface area contributed by atoms with Gasteiger partial charge in [-0.15, -0.1) is 0 Å². The number of halogens is 1. The van der Waals surface area contributed by atoms with E-state index >= 15 is 0 Å². The van der Waals surface area contributed by atoms with Crippen molar-refractivity contribution in [3.05, 3.63) is 34.3 Å². The first kappa shape index (κ1) is 14.4. The Morgan fingerprint density at radius 1 is 1.29 bits per heavy atom. The zero-order valence-corrected chi connectivity index (χ0v) is 12.5. The van der Waals surface area contributed by atoms with Crippen LogP contribution >= 0.6 is 11.6 Å². The lowest BCUT2D eigenvalue weighted by molar-refractivity contribution is -0.159. The van der Waals surface area contributed by atoms with Gasteiger partial charge in [-0.1, -0.05) is 24.1 Å². The third-order valence-corrected chi connectivity index (χ3v) is 5.02. The van der Waals surface area contributed by atoms with E-state index in [1.54, 1.807) is 4.90 Å². The van der Waals surface area contributed by atoms with Crippen molar-refractivity contribution in [1.29, 1.82) is 0 Å². The molecule has 1 heterocycles. The van der Waals surface area contributed by atoms with E-state index in [9.17, 15) is 14.7 Å². The third-order valence-electron chi connectivity index (χ3n) is 4.79. The van der Waals surface area contributed by atoms with Crippen molar-refractivity contribution >= 4 is 23.5 Å². The summed E-state index contributed by atoms with van der Waals surface area (Å²) >= 11 is 5.98. The molecule has 1 aromatic carbocycles.